The summed E-state index contributed by atoms with van der Waals surface area (Å²) in [6.45, 7) is 4.55. The van der Waals surface area contributed by atoms with Crippen LogP contribution in [0.5, 0.6) is 0 Å². The first kappa shape index (κ1) is 13.1. The molecule has 1 aliphatic heterocycles. The average molecular weight is 317 g/mol. The van der Waals surface area contributed by atoms with E-state index in [9.17, 15) is 4.57 Å². The van der Waals surface area contributed by atoms with Crippen LogP contribution >= 0.6 is 7.60 Å². The van der Waals surface area contributed by atoms with Crippen molar-refractivity contribution in [1.29, 1.82) is 0 Å². The van der Waals surface area contributed by atoms with E-state index in [1.165, 1.54) is 4.46 Å². The fourth-order valence-corrected chi connectivity index (χ4v) is 5.91. The third-order valence-electron chi connectivity index (χ3n) is 2.46. The molecule has 3 nitrogen and oxygen atoms in total. The van der Waals surface area contributed by atoms with Crippen LogP contribution in [0.4, 0.5) is 0 Å². The maximum absolute atomic E-state index is 12.3. The van der Waals surface area contributed by atoms with Crippen LogP contribution in [0, 0.1) is 0 Å². The Balaban J connectivity index is 2.18. The monoisotopic (exact) mass is 318 g/mol. The standard InChI is InChI=1S/C12H15O3PSe/c1-3-14-16(13)10(2)12(9-15-16)17-11-7-5-4-6-8-11/h4-8H,3,9H2,1-2H3. The molecule has 92 valence electrons. The summed E-state index contributed by atoms with van der Waals surface area (Å²) in [5, 5.41) is 0.809. The van der Waals surface area contributed by atoms with E-state index < -0.39 is 7.60 Å². The predicted octanol–water partition coefficient (Wildman–Crippen LogP) is 2.51. The van der Waals surface area contributed by atoms with Gasteiger partial charge < -0.3 is 0 Å². The number of hydrogen-bond acceptors (Lipinski definition) is 3. The van der Waals surface area contributed by atoms with E-state index in [1.807, 2.05) is 32.0 Å². The zero-order valence-electron chi connectivity index (χ0n) is 9.88. The molecule has 0 saturated heterocycles. The minimum absolute atomic E-state index is 0.175. The van der Waals surface area contributed by atoms with Gasteiger partial charge in [0.1, 0.15) is 0 Å². The van der Waals surface area contributed by atoms with Gasteiger partial charge in [0.25, 0.3) is 0 Å². The average Bonchev–Trinajstić information content (AvgIpc) is 2.60. The molecule has 0 amide bonds. The molecule has 0 radical (unpaired) electrons. The summed E-state index contributed by atoms with van der Waals surface area (Å²) in [5.74, 6) is 0. The van der Waals surface area contributed by atoms with Crippen molar-refractivity contribution in [3.63, 3.8) is 0 Å². The molecule has 0 N–H and O–H groups in total. The Morgan fingerprint density at radius 2 is 2.12 bits per heavy atom. The van der Waals surface area contributed by atoms with E-state index >= 15 is 0 Å². The molecule has 1 heterocycles. The van der Waals surface area contributed by atoms with E-state index in [-0.39, 0.29) is 15.0 Å². The van der Waals surface area contributed by atoms with Gasteiger partial charge in [-0.3, -0.25) is 0 Å². The third kappa shape index (κ3) is 2.90. The molecule has 0 spiro atoms. The Hall–Kier alpha value is -0.371. The first-order valence-corrected chi connectivity index (χ1v) is 8.73. The molecule has 2 rings (SSSR count). The molecule has 5 heteroatoms. The summed E-state index contributed by atoms with van der Waals surface area (Å²) in [5.41, 5.74) is 0. The number of allylic oxidation sites excluding steroid dienone is 1. The Morgan fingerprint density at radius 3 is 2.76 bits per heavy atom. The second-order valence-corrected chi connectivity index (χ2v) is 8.25. The summed E-state index contributed by atoms with van der Waals surface area (Å²) in [6, 6.07) is 10.2. The molecule has 1 unspecified atom stereocenters. The van der Waals surface area contributed by atoms with Crippen molar-refractivity contribution in [2.45, 2.75) is 13.8 Å². The van der Waals surface area contributed by atoms with Crippen LogP contribution in [0.1, 0.15) is 13.8 Å². The first-order valence-electron chi connectivity index (χ1n) is 5.48. The topological polar surface area (TPSA) is 35.5 Å². The summed E-state index contributed by atoms with van der Waals surface area (Å²) in [7, 11) is -2.96. The summed E-state index contributed by atoms with van der Waals surface area (Å²) in [6.07, 6.45) is 0. The summed E-state index contributed by atoms with van der Waals surface area (Å²) in [4.78, 5) is 0. The Morgan fingerprint density at radius 1 is 1.41 bits per heavy atom. The molecule has 0 saturated carbocycles. The van der Waals surface area contributed by atoms with Crippen LogP contribution in [-0.2, 0) is 13.6 Å². The Labute approximate surface area is 108 Å². The van der Waals surface area contributed by atoms with Gasteiger partial charge in [-0.15, -0.1) is 0 Å². The van der Waals surface area contributed by atoms with Crippen molar-refractivity contribution in [3.05, 3.63) is 40.1 Å². The van der Waals surface area contributed by atoms with Crippen LogP contribution in [0.2, 0.25) is 0 Å². The van der Waals surface area contributed by atoms with E-state index in [4.69, 9.17) is 9.05 Å². The van der Waals surface area contributed by atoms with Crippen LogP contribution in [0.25, 0.3) is 0 Å². The summed E-state index contributed by atoms with van der Waals surface area (Å²) < 4.78 is 25.3. The molecule has 0 aliphatic carbocycles. The van der Waals surface area contributed by atoms with Gasteiger partial charge in [0.05, 0.1) is 0 Å². The van der Waals surface area contributed by atoms with Crippen LogP contribution in [0.15, 0.2) is 40.1 Å². The van der Waals surface area contributed by atoms with Crippen molar-refractivity contribution in [2.75, 3.05) is 13.2 Å². The molecule has 0 aromatic heterocycles. The fourth-order valence-electron chi connectivity index (χ4n) is 1.54. The molecular weight excluding hydrogens is 302 g/mol. The zero-order valence-corrected chi connectivity index (χ0v) is 12.5. The maximum atomic E-state index is 12.3. The quantitative estimate of drug-likeness (QED) is 0.632. The van der Waals surface area contributed by atoms with Crippen LogP contribution in [-0.4, -0.2) is 28.2 Å². The van der Waals surface area contributed by atoms with Crippen molar-refractivity contribution < 1.29 is 13.6 Å². The molecule has 1 aliphatic rings. The second-order valence-electron chi connectivity index (χ2n) is 3.61. The van der Waals surface area contributed by atoms with Gasteiger partial charge >= 0.3 is 108 Å². The van der Waals surface area contributed by atoms with Crippen LogP contribution in [0.3, 0.4) is 0 Å². The molecule has 1 atom stereocenters. The van der Waals surface area contributed by atoms with E-state index in [0.29, 0.717) is 13.2 Å². The molecular formula is C12H15O3PSe. The van der Waals surface area contributed by atoms with E-state index in [0.717, 1.165) is 9.79 Å². The van der Waals surface area contributed by atoms with E-state index in [1.54, 1.807) is 0 Å². The Bertz CT molecular complexity index is 470. The molecule has 1 aromatic rings. The van der Waals surface area contributed by atoms with Crippen LogP contribution < -0.4 is 4.46 Å². The van der Waals surface area contributed by atoms with Crippen molar-refractivity contribution >= 4 is 27.0 Å². The second kappa shape index (κ2) is 5.51. The van der Waals surface area contributed by atoms with Gasteiger partial charge in [-0.25, -0.2) is 0 Å². The van der Waals surface area contributed by atoms with Gasteiger partial charge in [0.15, 0.2) is 0 Å². The molecule has 17 heavy (non-hydrogen) atoms. The summed E-state index contributed by atoms with van der Waals surface area (Å²) >= 11 is 0.175. The third-order valence-corrected chi connectivity index (χ3v) is 7.43. The SMILES string of the molecule is CCOP1(=O)OCC([Se]c2ccccc2)=C1C. The van der Waals surface area contributed by atoms with Crippen molar-refractivity contribution in [3.8, 4) is 0 Å². The Kier molecular flexibility index (Phi) is 4.24. The van der Waals surface area contributed by atoms with Gasteiger partial charge in [-0.1, -0.05) is 0 Å². The van der Waals surface area contributed by atoms with Crippen molar-refractivity contribution in [2.24, 2.45) is 0 Å². The minimum atomic E-state index is -2.96. The molecule has 0 fully saturated rings. The van der Waals surface area contributed by atoms with Gasteiger partial charge in [0.2, 0.25) is 0 Å². The van der Waals surface area contributed by atoms with Gasteiger partial charge in [-0.05, 0) is 0 Å². The van der Waals surface area contributed by atoms with Crippen molar-refractivity contribution in [1.82, 2.24) is 0 Å². The molecule has 1 aromatic carbocycles. The number of hydrogen-bond donors (Lipinski definition) is 0. The normalized spacial score (nSPS) is 24.4. The number of benzene rings is 1. The van der Waals surface area contributed by atoms with Gasteiger partial charge in [0, 0.05) is 0 Å². The number of rotatable bonds is 4. The molecule has 0 bridgehead atoms. The fraction of sp³-hybridized carbons (Fsp3) is 0.333. The van der Waals surface area contributed by atoms with E-state index in [2.05, 4.69) is 12.1 Å². The first-order chi connectivity index (χ1) is 8.15. The van der Waals surface area contributed by atoms with Gasteiger partial charge in [-0.2, -0.15) is 0 Å². The zero-order chi connectivity index (χ0) is 12.3. The predicted molar refractivity (Wildman–Crippen MR) is 69.7 cm³/mol.